The normalized spacial score (nSPS) is 11.7. The first-order valence-electron chi connectivity index (χ1n) is 18.8. The third kappa shape index (κ3) is 9.13. The Kier molecular flexibility index (Phi) is 11.6. The van der Waals surface area contributed by atoms with E-state index >= 15 is 0 Å². The third-order valence-corrected chi connectivity index (χ3v) is 9.76. The quantitative estimate of drug-likeness (QED) is 0.162. The van der Waals surface area contributed by atoms with Gasteiger partial charge >= 0.3 is 0 Å². The maximum absolute atomic E-state index is 6.40. The smallest absolute Gasteiger partial charge is 0.147 e. The van der Waals surface area contributed by atoms with E-state index in [1.165, 1.54) is 33.4 Å². The predicted molar refractivity (Wildman–Crippen MR) is 226 cm³/mol. The third-order valence-electron chi connectivity index (χ3n) is 9.76. The predicted octanol–water partition coefficient (Wildman–Crippen LogP) is 13.3. The summed E-state index contributed by atoms with van der Waals surface area (Å²) in [4.78, 5) is 14.0. The summed E-state index contributed by atoms with van der Waals surface area (Å²) in [5.41, 5.74) is 15.5. The molecule has 0 unspecified atom stereocenters. The van der Waals surface area contributed by atoms with E-state index in [2.05, 4.69) is 157 Å². The molecule has 0 saturated heterocycles. The van der Waals surface area contributed by atoms with Gasteiger partial charge in [0.25, 0.3) is 0 Å². The van der Waals surface area contributed by atoms with Crippen molar-refractivity contribution < 1.29 is 24.5 Å². The Hall–Kier alpha value is -4.96. The number of furan rings is 1. The van der Waals surface area contributed by atoms with Crippen molar-refractivity contribution in [3.8, 4) is 33.6 Å². The zero-order valence-electron chi connectivity index (χ0n) is 33.4. The van der Waals surface area contributed by atoms with Gasteiger partial charge in [0.1, 0.15) is 11.1 Å². The largest absolute Gasteiger partial charge is 0.498 e. The van der Waals surface area contributed by atoms with Crippen molar-refractivity contribution in [2.45, 2.75) is 75.2 Å². The molecular weight excluding hydrogens is 851 g/mol. The molecule has 0 saturated carbocycles. The summed E-state index contributed by atoms with van der Waals surface area (Å²) >= 11 is 0. The molecule has 5 heteroatoms. The first-order chi connectivity index (χ1) is 25.7. The molecule has 0 bridgehead atoms. The second-order valence-corrected chi connectivity index (χ2v) is 17.0. The van der Waals surface area contributed by atoms with Gasteiger partial charge in [0.2, 0.25) is 0 Å². The minimum atomic E-state index is 0. The van der Waals surface area contributed by atoms with Crippen LogP contribution in [0.1, 0.15) is 69.5 Å². The molecule has 0 fully saturated rings. The van der Waals surface area contributed by atoms with Gasteiger partial charge in [-0.15, -0.1) is 47.5 Å². The maximum atomic E-state index is 6.40. The van der Waals surface area contributed by atoms with Crippen LogP contribution in [0.5, 0.6) is 0 Å². The molecule has 0 atom stereocenters. The van der Waals surface area contributed by atoms with E-state index in [1.807, 2.05) is 30.5 Å². The fraction of sp³-hybridized carbons (Fsp3) is 0.260. The molecule has 1 radical (unpaired) electrons. The number of aromatic nitrogens is 3. The standard InChI is InChI=1S/C25H21N2O.C25H28N.Ir/c1-25(2,3)15-17-12-10-16-11-13-19-18-7-6-8-20(21-9-4-5-14-26-21)23(18)28-24(19)22(16)27-17;1-17-7-10-22(24-13-18(2)19(3)16-26-24)14-23(17)21-11-8-20(9-12-21)15-25(4,5)6;/h4-7,9-14H,15H2,1-3H3;7-9,11-14,16H,15H2,1-6H3;/q2*-1;. The van der Waals surface area contributed by atoms with Gasteiger partial charge in [-0.1, -0.05) is 131 Å². The summed E-state index contributed by atoms with van der Waals surface area (Å²) in [5, 5.41) is 3.24. The molecule has 4 aromatic carbocycles. The van der Waals surface area contributed by atoms with Crippen molar-refractivity contribution in [3.05, 3.63) is 150 Å². The second-order valence-electron chi connectivity index (χ2n) is 17.0. The Morgan fingerprint density at radius 2 is 1.38 bits per heavy atom. The van der Waals surface area contributed by atoms with Crippen molar-refractivity contribution >= 4 is 32.8 Å². The number of benzene rings is 4. The van der Waals surface area contributed by atoms with E-state index < -0.39 is 0 Å². The van der Waals surface area contributed by atoms with Gasteiger partial charge in [-0.25, -0.2) is 4.98 Å². The Bertz CT molecular complexity index is 2590. The zero-order chi connectivity index (χ0) is 38.2. The SMILES string of the molecule is CC(C)(C)Cc1ccc2ccc3c4cc[c-]c(-c5ccccn5)c4oc3c2n1.Cc1cnc(-c2[c-]cc(C)c(-c3ccc(CC(C)(C)C)cc3)c2)cc1C.[Ir]. The van der Waals surface area contributed by atoms with Crippen LogP contribution >= 0.6 is 0 Å². The molecule has 4 nitrogen and oxygen atoms in total. The topological polar surface area (TPSA) is 51.8 Å². The van der Waals surface area contributed by atoms with E-state index in [-0.39, 0.29) is 25.5 Å². The minimum absolute atomic E-state index is 0. The van der Waals surface area contributed by atoms with Gasteiger partial charge in [-0.2, -0.15) is 0 Å². The number of hydrogen-bond donors (Lipinski definition) is 0. The van der Waals surface area contributed by atoms with Crippen molar-refractivity contribution in [1.82, 2.24) is 15.0 Å². The molecular formula is C50H49IrN3O-2. The van der Waals surface area contributed by atoms with Gasteiger partial charge in [-0.05, 0) is 77.7 Å². The van der Waals surface area contributed by atoms with Crippen LogP contribution in [0.2, 0.25) is 0 Å². The van der Waals surface area contributed by atoms with E-state index in [0.717, 1.165) is 73.9 Å². The van der Waals surface area contributed by atoms with Crippen LogP contribution in [-0.4, -0.2) is 15.0 Å². The van der Waals surface area contributed by atoms with Gasteiger partial charge < -0.3 is 14.4 Å². The van der Waals surface area contributed by atoms with Gasteiger partial charge in [-0.3, -0.25) is 0 Å². The molecule has 0 aliphatic carbocycles. The average Bonchev–Trinajstić information content (AvgIpc) is 3.52. The number of hydrogen-bond acceptors (Lipinski definition) is 4. The first kappa shape index (κ1) is 39.7. The van der Waals surface area contributed by atoms with E-state index in [4.69, 9.17) is 9.40 Å². The van der Waals surface area contributed by atoms with Crippen molar-refractivity contribution in [1.29, 1.82) is 0 Å². The van der Waals surface area contributed by atoms with Crippen LogP contribution in [-0.2, 0) is 32.9 Å². The molecule has 8 rings (SSSR count). The summed E-state index contributed by atoms with van der Waals surface area (Å²) in [7, 11) is 0. The molecule has 281 valence electrons. The molecule has 0 N–H and O–H groups in total. The van der Waals surface area contributed by atoms with E-state index in [9.17, 15) is 0 Å². The van der Waals surface area contributed by atoms with Gasteiger partial charge in [0.05, 0.1) is 5.58 Å². The van der Waals surface area contributed by atoms with E-state index in [1.54, 1.807) is 6.20 Å². The fourth-order valence-corrected chi connectivity index (χ4v) is 6.97. The minimum Gasteiger partial charge on any atom is -0.498 e. The monoisotopic (exact) mass is 900 g/mol. The van der Waals surface area contributed by atoms with Crippen molar-refractivity contribution in [2.24, 2.45) is 10.8 Å². The summed E-state index contributed by atoms with van der Waals surface area (Å²) in [5.74, 6) is 0. The van der Waals surface area contributed by atoms with Gasteiger partial charge in [0, 0.05) is 49.0 Å². The first-order valence-corrected chi connectivity index (χ1v) is 18.8. The number of aryl methyl sites for hydroxylation is 3. The van der Waals surface area contributed by atoms with Crippen molar-refractivity contribution in [2.75, 3.05) is 0 Å². The number of rotatable bonds is 5. The fourth-order valence-electron chi connectivity index (χ4n) is 6.97. The number of fused-ring (bicyclic) bond motifs is 5. The maximum Gasteiger partial charge on any atom is 0.147 e. The van der Waals surface area contributed by atoms with Crippen molar-refractivity contribution in [3.63, 3.8) is 0 Å². The molecule has 0 aliphatic rings. The Morgan fingerprint density at radius 1 is 0.655 bits per heavy atom. The van der Waals surface area contributed by atoms with E-state index in [0.29, 0.717) is 5.41 Å². The molecule has 8 aromatic rings. The average molecular weight is 900 g/mol. The second kappa shape index (κ2) is 16.0. The Morgan fingerprint density at radius 3 is 2.07 bits per heavy atom. The molecule has 0 aliphatic heterocycles. The summed E-state index contributed by atoms with van der Waals surface area (Å²) in [6, 6.07) is 40.5. The van der Waals surface area contributed by atoms with Gasteiger partial charge in [0.15, 0.2) is 0 Å². The summed E-state index contributed by atoms with van der Waals surface area (Å²) < 4.78 is 6.40. The molecule has 4 aromatic heterocycles. The molecule has 0 spiro atoms. The Balaban J connectivity index is 0.000000184. The number of nitrogens with zero attached hydrogens (tertiary/aromatic N) is 3. The van der Waals surface area contributed by atoms with Crippen LogP contribution < -0.4 is 0 Å². The van der Waals surface area contributed by atoms with Crippen LogP contribution in [0.3, 0.4) is 0 Å². The summed E-state index contributed by atoms with van der Waals surface area (Å²) in [6.45, 7) is 19.9. The molecule has 0 amide bonds. The molecule has 55 heavy (non-hydrogen) atoms. The van der Waals surface area contributed by atoms with Crippen LogP contribution in [0.4, 0.5) is 0 Å². The Labute approximate surface area is 339 Å². The summed E-state index contributed by atoms with van der Waals surface area (Å²) in [6.07, 6.45) is 5.75. The van der Waals surface area contributed by atoms with Crippen LogP contribution in [0.15, 0.2) is 114 Å². The molecule has 4 heterocycles. The number of pyridine rings is 3. The zero-order valence-corrected chi connectivity index (χ0v) is 35.8. The van der Waals surface area contributed by atoms with Crippen LogP contribution in [0.25, 0.3) is 66.5 Å². The van der Waals surface area contributed by atoms with Crippen LogP contribution in [0, 0.1) is 43.7 Å².